The van der Waals surface area contributed by atoms with Crippen LogP contribution >= 0.6 is 0 Å². The molecule has 5 nitrogen and oxygen atoms in total. The third-order valence-electron chi connectivity index (χ3n) is 4.68. The van der Waals surface area contributed by atoms with Crippen LogP contribution < -0.4 is 20.1 Å². The Labute approximate surface area is 160 Å². The van der Waals surface area contributed by atoms with Gasteiger partial charge in [-0.05, 0) is 56.5 Å². The maximum atomic E-state index is 12.6. The van der Waals surface area contributed by atoms with Gasteiger partial charge in [0.15, 0.2) is 11.5 Å². The fourth-order valence-corrected chi connectivity index (χ4v) is 3.40. The molecule has 2 aromatic rings. The molecule has 0 saturated carbocycles. The van der Waals surface area contributed by atoms with E-state index in [0.29, 0.717) is 11.5 Å². The molecule has 1 heterocycles. The number of anilines is 1. The zero-order valence-corrected chi connectivity index (χ0v) is 16.5. The first kappa shape index (κ1) is 18.8. The quantitative estimate of drug-likeness (QED) is 0.806. The Morgan fingerprint density at radius 2 is 1.81 bits per heavy atom. The van der Waals surface area contributed by atoms with Gasteiger partial charge in [0, 0.05) is 28.6 Å². The van der Waals surface area contributed by atoms with E-state index in [1.165, 1.54) is 0 Å². The predicted octanol–water partition coefficient (Wildman–Crippen LogP) is 3.92. The number of rotatable bonds is 4. The molecule has 3 rings (SSSR count). The topological polar surface area (TPSA) is 59.6 Å². The zero-order chi connectivity index (χ0) is 19.6. The third kappa shape index (κ3) is 4.08. The van der Waals surface area contributed by atoms with Crippen LogP contribution in [0.5, 0.6) is 11.5 Å². The maximum absolute atomic E-state index is 12.6. The fourth-order valence-electron chi connectivity index (χ4n) is 3.40. The highest BCUT2D eigenvalue weighted by atomic mass is 16.5. The number of carbonyl (C=O) groups is 1. The van der Waals surface area contributed by atoms with E-state index in [4.69, 9.17) is 9.47 Å². The summed E-state index contributed by atoms with van der Waals surface area (Å²) in [6, 6.07) is 11.6. The van der Waals surface area contributed by atoms with Gasteiger partial charge < -0.3 is 20.1 Å². The van der Waals surface area contributed by atoms with E-state index < -0.39 is 0 Å². The number of fused-ring (bicyclic) bond motifs is 1. The molecule has 0 spiro atoms. The first-order valence-electron chi connectivity index (χ1n) is 8.95. The lowest BCUT2D eigenvalue weighted by Gasteiger charge is -2.36. The van der Waals surface area contributed by atoms with Gasteiger partial charge >= 0.3 is 0 Å². The van der Waals surface area contributed by atoms with Crippen LogP contribution in [0.2, 0.25) is 0 Å². The molecule has 2 N–H and O–H groups in total. The van der Waals surface area contributed by atoms with Gasteiger partial charge in [0.05, 0.1) is 14.2 Å². The Hall–Kier alpha value is -2.95. The highest BCUT2D eigenvalue weighted by Crippen LogP contribution is 2.37. The number of aryl methyl sites for hydroxylation is 1. The van der Waals surface area contributed by atoms with E-state index >= 15 is 0 Å². The van der Waals surface area contributed by atoms with Gasteiger partial charge in [-0.25, -0.2) is 0 Å². The lowest BCUT2D eigenvalue weighted by molar-refractivity contribution is -0.111. The number of carbonyl (C=O) groups excluding carboxylic acids is 1. The average Bonchev–Trinajstić information content (AvgIpc) is 2.61. The zero-order valence-electron chi connectivity index (χ0n) is 16.5. The molecule has 1 aliphatic rings. The van der Waals surface area contributed by atoms with Crippen LogP contribution in [0.1, 0.15) is 30.5 Å². The Morgan fingerprint density at radius 1 is 1.15 bits per heavy atom. The number of amides is 1. The molecule has 142 valence electrons. The molecule has 0 bridgehead atoms. The summed E-state index contributed by atoms with van der Waals surface area (Å²) < 4.78 is 10.9. The molecule has 2 aromatic carbocycles. The summed E-state index contributed by atoms with van der Waals surface area (Å²) in [6.45, 7) is 6.19. The minimum Gasteiger partial charge on any atom is -0.493 e. The van der Waals surface area contributed by atoms with Crippen LogP contribution in [0.4, 0.5) is 5.69 Å². The van der Waals surface area contributed by atoms with Gasteiger partial charge in [-0.2, -0.15) is 0 Å². The molecule has 0 fully saturated rings. The van der Waals surface area contributed by atoms with Gasteiger partial charge in [0.25, 0.3) is 0 Å². The van der Waals surface area contributed by atoms with Crippen molar-refractivity contribution in [2.75, 3.05) is 19.5 Å². The summed E-state index contributed by atoms with van der Waals surface area (Å²) in [4.78, 5) is 12.6. The van der Waals surface area contributed by atoms with Crippen molar-refractivity contribution >= 4 is 17.3 Å². The molecule has 0 atom stereocenters. The molecule has 5 heteroatoms. The average molecular weight is 366 g/mol. The molecule has 0 saturated heterocycles. The van der Waals surface area contributed by atoms with Crippen molar-refractivity contribution in [1.82, 2.24) is 5.32 Å². The van der Waals surface area contributed by atoms with Crippen LogP contribution in [-0.2, 0) is 11.2 Å². The lowest BCUT2D eigenvalue weighted by Crippen LogP contribution is -2.44. The van der Waals surface area contributed by atoms with Crippen molar-refractivity contribution < 1.29 is 14.3 Å². The fraction of sp³-hybridized carbons (Fsp3) is 0.318. The Morgan fingerprint density at radius 3 is 2.48 bits per heavy atom. The number of hydrogen-bond acceptors (Lipinski definition) is 4. The molecule has 0 unspecified atom stereocenters. The molecule has 27 heavy (non-hydrogen) atoms. The van der Waals surface area contributed by atoms with Crippen LogP contribution in [0, 0.1) is 6.92 Å². The van der Waals surface area contributed by atoms with Crippen molar-refractivity contribution in [3.8, 4) is 11.5 Å². The van der Waals surface area contributed by atoms with Gasteiger partial charge in [-0.15, -0.1) is 0 Å². The first-order valence-corrected chi connectivity index (χ1v) is 8.95. The Kier molecular flexibility index (Phi) is 5.13. The van der Waals surface area contributed by atoms with E-state index in [1.54, 1.807) is 20.3 Å². The normalized spacial score (nSPS) is 16.3. The molecular formula is C22H26N2O3. The van der Waals surface area contributed by atoms with Gasteiger partial charge in [0.2, 0.25) is 5.91 Å². The summed E-state index contributed by atoms with van der Waals surface area (Å²) in [5.41, 5.74) is 4.49. The summed E-state index contributed by atoms with van der Waals surface area (Å²) >= 11 is 0. The van der Waals surface area contributed by atoms with E-state index in [-0.39, 0.29) is 11.4 Å². The van der Waals surface area contributed by atoms with E-state index in [9.17, 15) is 4.79 Å². The minimum absolute atomic E-state index is 0.176. The highest BCUT2D eigenvalue weighted by molar-refractivity contribution is 6.04. The lowest BCUT2D eigenvalue weighted by atomic mass is 9.85. The minimum atomic E-state index is -0.179. The number of nitrogens with one attached hydrogen (secondary N) is 2. The predicted molar refractivity (Wildman–Crippen MR) is 108 cm³/mol. The standard InChI is InChI=1S/C22H26N2O3/c1-14-8-6-7-9-17(14)23-21(25)12-18-16-11-20(27-5)19(26-4)10-15(16)13-22(2,3)24-18/h6-12,24H,13H2,1-5H3,(H,23,25)/b18-12-. The second-order valence-electron chi connectivity index (χ2n) is 7.41. The number of para-hydroxylation sites is 1. The largest absolute Gasteiger partial charge is 0.493 e. The van der Waals surface area contributed by atoms with Crippen LogP contribution in [0.25, 0.3) is 5.70 Å². The molecule has 1 amide bonds. The van der Waals surface area contributed by atoms with Crippen LogP contribution in [0.3, 0.4) is 0 Å². The number of hydrogen-bond donors (Lipinski definition) is 2. The number of methoxy groups -OCH3 is 2. The summed E-state index contributed by atoms with van der Waals surface area (Å²) in [5, 5.41) is 6.43. The van der Waals surface area contributed by atoms with Crippen LogP contribution in [-0.4, -0.2) is 25.7 Å². The summed E-state index contributed by atoms with van der Waals surface area (Å²) in [5.74, 6) is 1.16. The smallest absolute Gasteiger partial charge is 0.250 e. The number of benzene rings is 2. The Balaban J connectivity index is 1.99. The van der Waals surface area contributed by atoms with Crippen molar-refractivity contribution in [2.24, 2.45) is 0 Å². The van der Waals surface area contributed by atoms with Crippen molar-refractivity contribution in [3.05, 3.63) is 59.2 Å². The summed E-state index contributed by atoms with van der Waals surface area (Å²) in [6.07, 6.45) is 2.43. The SMILES string of the molecule is COc1cc2c(cc1OC)/C(=C/C(=O)Nc1ccccc1C)NC(C)(C)C2. The second-order valence-corrected chi connectivity index (χ2v) is 7.41. The van der Waals surface area contributed by atoms with Gasteiger partial charge in [-0.1, -0.05) is 18.2 Å². The molecule has 0 aromatic heterocycles. The first-order chi connectivity index (χ1) is 12.8. The maximum Gasteiger partial charge on any atom is 0.250 e. The van der Waals surface area contributed by atoms with Crippen molar-refractivity contribution in [3.63, 3.8) is 0 Å². The molecule has 0 aliphatic carbocycles. The Bertz CT molecular complexity index is 900. The second kappa shape index (κ2) is 7.35. The van der Waals surface area contributed by atoms with Gasteiger partial charge in [0.1, 0.15) is 0 Å². The monoisotopic (exact) mass is 366 g/mol. The highest BCUT2D eigenvalue weighted by Gasteiger charge is 2.29. The van der Waals surface area contributed by atoms with Crippen LogP contribution in [0.15, 0.2) is 42.5 Å². The molecular weight excluding hydrogens is 340 g/mol. The molecule has 1 aliphatic heterocycles. The number of ether oxygens (including phenoxy) is 2. The summed E-state index contributed by atoms with van der Waals surface area (Å²) in [7, 11) is 3.24. The van der Waals surface area contributed by atoms with E-state index in [2.05, 4.69) is 24.5 Å². The van der Waals surface area contributed by atoms with E-state index in [0.717, 1.165) is 34.5 Å². The molecule has 0 radical (unpaired) electrons. The van der Waals surface area contributed by atoms with Crippen molar-refractivity contribution in [1.29, 1.82) is 0 Å². The van der Waals surface area contributed by atoms with Gasteiger partial charge in [-0.3, -0.25) is 4.79 Å². The van der Waals surface area contributed by atoms with Crippen molar-refractivity contribution in [2.45, 2.75) is 32.7 Å². The van der Waals surface area contributed by atoms with E-state index in [1.807, 2.05) is 43.3 Å². The third-order valence-corrected chi connectivity index (χ3v) is 4.68.